The van der Waals surface area contributed by atoms with Gasteiger partial charge in [-0.25, -0.2) is 14.4 Å². The molecule has 0 saturated carbocycles. The average Bonchev–Trinajstić information content (AvgIpc) is 2.46. The lowest BCUT2D eigenvalue weighted by Crippen LogP contribution is -2.29. The van der Waals surface area contributed by atoms with Crippen LogP contribution in [0.15, 0.2) is 25.3 Å². The summed E-state index contributed by atoms with van der Waals surface area (Å²) in [5, 5.41) is 2.39. The number of hydrogen-bond acceptors (Lipinski definition) is 7. The van der Waals surface area contributed by atoms with Gasteiger partial charge in [0.25, 0.3) is 0 Å². The number of carbonyl (C=O) groups is 3. The number of rotatable bonds is 10. The summed E-state index contributed by atoms with van der Waals surface area (Å²) in [6.45, 7) is 7.12. The first kappa shape index (κ1) is 17.6. The number of nitrogens with one attached hydrogen (secondary N) is 2. The fourth-order valence-corrected chi connectivity index (χ4v) is 0.888. The van der Waals surface area contributed by atoms with E-state index in [1.807, 2.05) is 0 Å². The van der Waals surface area contributed by atoms with Crippen molar-refractivity contribution in [3.63, 3.8) is 0 Å². The van der Waals surface area contributed by atoms with Gasteiger partial charge in [0.2, 0.25) is 0 Å². The van der Waals surface area contributed by atoms with E-state index >= 15 is 0 Å². The lowest BCUT2D eigenvalue weighted by atomic mass is 10.5. The van der Waals surface area contributed by atoms with Crippen LogP contribution in [0, 0.1) is 0 Å². The molecule has 0 atom stereocenters. The van der Waals surface area contributed by atoms with Crippen molar-refractivity contribution in [3.05, 3.63) is 25.3 Å². The molecule has 0 radical (unpaired) electrons. The number of amides is 1. The van der Waals surface area contributed by atoms with Gasteiger partial charge in [-0.2, -0.15) is 5.48 Å². The third-order valence-corrected chi connectivity index (χ3v) is 1.78. The summed E-state index contributed by atoms with van der Waals surface area (Å²) in [7, 11) is 0. The molecule has 0 aromatic rings. The van der Waals surface area contributed by atoms with Gasteiger partial charge in [0, 0.05) is 18.7 Å². The van der Waals surface area contributed by atoms with Crippen LogP contribution in [0.1, 0.15) is 6.42 Å². The van der Waals surface area contributed by atoms with Crippen molar-refractivity contribution in [1.29, 1.82) is 0 Å². The summed E-state index contributed by atoms with van der Waals surface area (Å²) in [6, 6.07) is 0. The van der Waals surface area contributed by atoms with Crippen LogP contribution in [0.25, 0.3) is 0 Å². The quantitative estimate of drug-likeness (QED) is 0.192. The molecule has 8 nitrogen and oxygen atoms in total. The number of hydrogen-bond donors (Lipinski definition) is 2. The lowest BCUT2D eigenvalue weighted by Gasteiger charge is -2.07. The van der Waals surface area contributed by atoms with E-state index in [1.165, 1.54) is 0 Å². The normalized spacial score (nSPS) is 9.20. The van der Waals surface area contributed by atoms with Crippen LogP contribution in [0.2, 0.25) is 0 Å². The molecule has 0 heterocycles. The van der Waals surface area contributed by atoms with E-state index < -0.39 is 18.0 Å². The maximum absolute atomic E-state index is 11.1. The fraction of sp³-hybridized carbons (Fsp3) is 0.417. The van der Waals surface area contributed by atoms with Crippen molar-refractivity contribution < 1.29 is 28.7 Å². The second kappa shape index (κ2) is 11.7. The molecule has 0 aliphatic heterocycles. The summed E-state index contributed by atoms with van der Waals surface area (Å²) in [4.78, 5) is 36.9. The molecular weight excluding hydrogens is 268 g/mol. The summed E-state index contributed by atoms with van der Waals surface area (Å²) in [5.74, 6) is -1.14. The highest BCUT2D eigenvalue weighted by Crippen LogP contribution is 1.84. The maximum atomic E-state index is 11.1. The van der Waals surface area contributed by atoms with E-state index in [1.54, 1.807) is 0 Å². The van der Waals surface area contributed by atoms with Gasteiger partial charge in [0.15, 0.2) is 0 Å². The monoisotopic (exact) mass is 286 g/mol. The van der Waals surface area contributed by atoms with Gasteiger partial charge in [-0.3, -0.25) is 0 Å². The highest BCUT2D eigenvalue weighted by Gasteiger charge is 2.02. The van der Waals surface area contributed by atoms with Gasteiger partial charge < -0.3 is 19.6 Å². The van der Waals surface area contributed by atoms with Crippen LogP contribution in [0.5, 0.6) is 0 Å². The standard InChI is InChI=1S/C12H18N2O6/c1-3-10(15)18-9-7-13-12(17)19-8-5-6-14-20-11(16)4-2/h3-4,14H,1-2,5-9H2,(H,13,17). The Labute approximate surface area is 116 Å². The van der Waals surface area contributed by atoms with Gasteiger partial charge in [0.1, 0.15) is 6.61 Å². The molecule has 8 heteroatoms. The van der Waals surface area contributed by atoms with E-state index in [0.717, 1.165) is 12.2 Å². The molecule has 0 saturated heterocycles. The molecule has 0 fully saturated rings. The lowest BCUT2D eigenvalue weighted by molar-refractivity contribution is -0.145. The third-order valence-electron chi connectivity index (χ3n) is 1.78. The SMILES string of the molecule is C=CC(=O)OCCNC(=O)OCCCNOC(=O)C=C. The molecule has 0 aliphatic carbocycles. The zero-order valence-corrected chi connectivity index (χ0v) is 11.1. The van der Waals surface area contributed by atoms with Gasteiger partial charge >= 0.3 is 18.0 Å². The number of carbonyl (C=O) groups excluding carboxylic acids is 3. The van der Waals surface area contributed by atoms with Crippen molar-refractivity contribution in [1.82, 2.24) is 10.8 Å². The summed E-state index contributed by atoms with van der Waals surface area (Å²) in [5.41, 5.74) is 2.38. The maximum Gasteiger partial charge on any atom is 0.407 e. The second-order valence-corrected chi connectivity index (χ2v) is 3.31. The Balaban J connectivity index is 3.36. The largest absolute Gasteiger partial charge is 0.461 e. The van der Waals surface area contributed by atoms with E-state index in [4.69, 9.17) is 4.74 Å². The fourth-order valence-electron chi connectivity index (χ4n) is 0.888. The van der Waals surface area contributed by atoms with Crippen molar-refractivity contribution >= 4 is 18.0 Å². The van der Waals surface area contributed by atoms with E-state index in [0.29, 0.717) is 13.0 Å². The van der Waals surface area contributed by atoms with E-state index in [2.05, 4.69) is 33.5 Å². The number of alkyl carbamates (subject to hydrolysis) is 1. The Kier molecular flexibility index (Phi) is 10.3. The van der Waals surface area contributed by atoms with Crippen molar-refractivity contribution in [2.45, 2.75) is 6.42 Å². The van der Waals surface area contributed by atoms with Gasteiger partial charge in [-0.1, -0.05) is 13.2 Å². The van der Waals surface area contributed by atoms with Gasteiger partial charge in [0.05, 0.1) is 13.2 Å². The van der Waals surface area contributed by atoms with Crippen LogP contribution in [0.4, 0.5) is 4.79 Å². The Hall–Kier alpha value is -2.35. The van der Waals surface area contributed by atoms with Crippen LogP contribution < -0.4 is 10.8 Å². The van der Waals surface area contributed by atoms with Crippen LogP contribution in [-0.4, -0.2) is 44.3 Å². The molecule has 0 aliphatic rings. The van der Waals surface area contributed by atoms with Crippen molar-refractivity contribution in [2.75, 3.05) is 26.3 Å². The Bertz CT molecular complexity index is 356. The summed E-state index contributed by atoms with van der Waals surface area (Å²) < 4.78 is 9.44. The van der Waals surface area contributed by atoms with Crippen LogP contribution >= 0.6 is 0 Å². The first-order valence-electron chi connectivity index (χ1n) is 5.86. The number of esters is 1. The van der Waals surface area contributed by atoms with Gasteiger partial charge in [-0.15, -0.1) is 0 Å². The molecule has 0 rings (SSSR count). The highest BCUT2D eigenvalue weighted by atomic mass is 16.7. The van der Waals surface area contributed by atoms with Crippen molar-refractivity contribution in [3.8, 4) is 0 Å². The highest BCUT2D eigenvalue weighted by molar-refractivity contribution is 5.81. The predicted molar refractivity (Wildman–Crippen MR) is 69.4 cm³/mol. The average molecular weight is 286 g/mol. The summed E-state index contributed by atoms with van der Waals surface area (Å²) >= 11 is 0. The zero-order chi connectivity index (χ0) is 15.2. The molecule has 1 amide bonds. The molecule has 20 heavy (non-hydrogen) atoms. The van der Waals surface area contributed by atoms with Crippen LogP contribution in [-0.2, 0) is 23.9 Å². The molecule has 0 bridgehead atoms. The first-order chi connectivity index (χ1) is 9.60. The van der Waals surface area contributed by atoms with E-state index in [9.17, 15) is 14.4 Å². The minimum absolute atomic E-state index is 0.0407. The molecule has 0 aromatic heterocycles. The minimum Gasteiger partial charge on any atom is -0.461 e. The Morgan fingerprint density at radius 3 is 2.30 bits per heavy atom. The molecular formula is C12H18N2O6. The predicted octanol–water partition coefficient (Wildman–Crippen LogP) is 0.0657. The second-order valence-electron chi connectivity index (χ2n) is 3.31. The number of ether oxygens (including phenoxy) is 2. The molecule has 0 unspecified atom stereocenters. The third kappa shape index (κ3) is 10.8. The van der Waals surface area contributed by atoms with Gasteiger partial charge in [-0.05, 0) is 6.42 Å². The Morgan fingerprint density at radius 1 is 0.950 bits per heavy atom. The zero-order valence-electron chi connectivity index (χ0n) is 11.1. The number of hydroxylamine groups is 1. The molecule has 112 valence electrons. The van der Waals surface area contributed by atoms with Crippen LogP contribution in [0.3, 0.4) is 0 Å². The smallest absolute Gasteiger partial charge is 0.407 e. The summed E-state index contributed by atoms with van der Waals surface area (Å²) in [6.07, 6.45) is 1.90. The van der Waals surface area contributed by atoms with E-state index in [-0.39, 0.29) is 19.8 Å². The topological polar surface area (TPSA) is 103 Å². The van der Waals surface area contributed by atoms with Crippen molar-refractivity contribution in [2.24, 2.45) is 0 Å². The minimum atomic E-state index is -0.622. The first-order valence-corrected chi connectivity index (χ1v) is 5.86. The molecule has 0 spiro atoms. The molecule has 0 aromatic carbocycles. The Morgan fingerprint density at radius 2 is 1.65 bits per heavy atom. The molecule has 2 N–H and O–H groups in total.